The van der Waals surface area contributed by atoms with Gasteiger partial charge in [0.2, 0.25) is 0 Å². The monoisotopic (exact) mass is 266 g/mol. The van der Waals surface area contributed by atoms with Gasteiger partial charge in [-0.05, 0) is 50.9 Å². The van der Waals surface area contributed by atoms with Crippen molar-refractivity contribution < 1.29 is 0 Å². The number of nitrogens with zero attached hydrogens (tertiary/aromatic N) is 1. The highest BCUT2D eigenvalue weighted by Gasteiger charge is 2.28. The summed E-state index contributed by atoms with van der Waals surface area (Å²) in [5.41, 5.74) is 0. The summed E-state index contributed by atoms with van der Waals surface area (Å²) < 4.78 is 0. The highest BCUT2D eigenvalue weighted by atomic mass is 32.1. The van der Waals surface area contributed by atoms with Crippen LogP contribution in [0.1, 0.15) is 49.3 Å². The molecule has 18 heavy (non-hydrogen) atoms. The van der Waals surface area contributed by atoms with Gasteiger partial charge in [-0.15, -0.1) is 11.3 Å². The Balaban J connectivity index is 1.80. The molecule has 1 fully saturated rings. The SMILES string of the molecule is CCCNCc1ccc(CN(CCC)C2CC2)s1. The molecule has 0 atom stereocenters. The van der Waals surface area contributed by atoms with E-state index in [1.807, 2.05) is 11.3 Å². The van der Waals surface area contributed by atoms with Gasteiger partial charge in [0.15, 0.2) is 0 Å². The second-order valence-corrected chi connectivity index (χ2v) is 6.50. The maximum Gasteiger partial charge on any atom is 0.0330 e. The van der Waals surface area contributed by atoms with Crippen molar-refractivity contribution in [3.63, 3.8) is 0 Å². The second-order valence-electron chi connectivity index (χ2n) is 5.25. The van der Waals surface area contributed by atoms with Crippen molar-refractivity contribution in [2.45, 2.75) is 58.7 Å². The first-order chi connectivity index (χ1) is 8.83. The quantitative estimate of drug-likeness (QED) is 0.687. The molecule has 0 bridgehead atoms. The molecular formula is C15H26N2S. The van der Waals surface area contributed by atoms with Crippen LogP contribution in [0.2, 0.25) is 0 Å². The van der Waals surface area contributed by atoms with E-state index in [0.29, 0.717) is 0 Å². The van der Waals surface area contributed by atoms with Crippen LogP contribution < -0.4 is 5.32 Å². The van der Waals surface area contributed by atoms with Crippen molar-refractivity contribution >= 4 is 11.3 Å². The first kappa shape index (κ1) is 14.0. The van der Waals surface area contributed by atoms with Gasteiger partial charge < -0.3 is 5.32 Å². The molecule has 0 amide bonds. The number of rotatable bonds is 9. The zero-order chi connectivity index (χ0) is 12.8. The van der Waals surface area contributed by atoms with Crippen molar-refractivity contribution in [2.75, 3.05) is 13.1 Å². The minimum absolute atomic E-state index is 0.883. The first-order valence-corrected chi connectivity index (χ1v) is 8.17. The van der Waals surface area contributed by atoms with Crippen LogP contribution in [0.15, 0.2) is 12.1 Å². The number of hydrogen-bond donors (Lipinski definition) is 1. The third kappa shape index (κ3) is 4.38. The fraction of sp³-hybridized carbons (Fsp3) is 0.733. The summed E-state index contributed by atoms with van der Waals surface area (Å²) in [6.45, 7) is 9.07. The fourth-order valence-corrected chi connectivity index (χ4v) is 3.32. The maximum atomic E-state index is 3.48. The molecule has 102 valence electrons. The molecule has 1 aliphatic rings. The molecule has 1 aromatic heterocycles. The molecule has 0 radical (unpaired) electrons. The van der Waals surface area contributed by atoms with E-state index in [1.165, 1.54) is 42.0 Å². The molecule has 0 unspecified atom stereocenters. The van der Waals surface area contributed by atoms with Gasteiger partial charge in [0, 0.05) is 28.9 Å². The van der Waals surface area contributed by atoms with E-state index in [9.17, 15) is 0 Å². The van der Waals surface area contributed by atoms with Crippen LogP contribution in [-0.2, 0) is 13.1 Å². The first-order valence-electron chi connectivity index (χ1n) is 7.35. The Kier molecular flexibility index (Phi) is 5.67. The molecule has 1 aromatic rings. The third-order valence-electron chi connectivity index (χ3n) is 3.38. The van der Waals surface area contributed by atoms with Gasteiger partial charge >= 0.3 is 0 Å². The predicted molar refractivity (Wildman–Crippen MR) is 80.0 cm³/mol. The summed E-state index contributed by atoms with van der Waals surface area (Å²) in [5, 5.41) is 3.48. The average molecular weight is 266 g/mol. The summed E-state index contributed by atoms with van der Waals surface area (Å²) in [7, 11) is 0. The van der Waals surface area contributed by atoms with Gasteiger partial charge in [-0.3, -0.25) is 4.90 Å². The Morgan fingerprint density at radius 3 is 2.67 bits per heavy atom. The summed E-state index contributed by atoms with van der Waals surface area (Å²) in [6, 6.07) is 5.49. The Morgan fingerprint density at radius 1 is 1.22 bits per heavy atom. The second kappa shape index (κ2) is 7.27. The van der Waals surface area contributed by atoms with Crippen molar-refractivity contribution in [1.82, 2.24) is 10.2 Å². The minimum Gasteiger partial charge on any atom is -0.312 e. The van der Waals surface area contributed by atoms with Crippen LogP contribution in [0.25, 0.3) is 0 Å². The average Bonchev–Trinajstić information content (AvgIpc) is 3.12. The standard InChI is InChI=1S/C15H26N2S/c1-3-9-16-11-14-7-8-15(18-14)12-17(10-4-2)13-5-6-13/h7-8,13,16H,3-6,9-12H2,1-2H3. The zero-order valence-corrected chi connectivity index (χ0v) is 12.6. The molecule has 1 heterocycles. The van der Waals surface area contributed by atoms with Crippen molar-refractivity contribution in [3.8, 4) is 0 Å². The van der Waals surface area contributed by atoms with E-state index in [1.54, 1.807) is 0 Å². The summed E-state index contributed by atoms with van der Waals surface area (Å²) in [5.74, 6) is 0. The zero-order valence-electron chi connectivity index (χ0n) is 11.7. The molecule has 1 saturated carbocycles. The minimum atomic E-state index is 0.883. The lowest BCUT2D eigenvalue weighted by molar-refractivity contribution is 0.257. The molecule has 0 spiro atoms. The number of hydrogen-bond acceptors (Lipinski definition) is 3. The third-order valence-corrected chi connectivity index (χ3v) is 4.45. The molecule has 2 nitrogen and oxygen atoms in total. The van der Waals surface area contributed by atoms with Crippen LogP contribution in [0.5, 0.6) is 0 Å². The van der Waals surface area contributed by atoms with E-state index >= 15 is 0 Å². The highest BCUT2D eigenvalue weighted by Crippen LogP contribution is 2.29. The van der Waals surface area contributed by atoms with Gasteiger partial charge in [0.1, 0.15) is 0 Å². The summed E-state index contributed by atoms with van der Waals surface area (Å²) >= 11 is 1.98. The van der Waals surface area contributed by atoms with Crippen molar-refractivity contribution in [1.29, 1.82) is 0 Å². The number of nitrogens with one attached hydrogen (secondary N) is 1. The van der Waals surface area contributed by atoms with E-state index in [2.05, 4.69) is 36.2 Å². The number of thiophene rings is 1. The fourth-order valence-electron chi connectivity index (χ4n) is 2.31. The lowest BCUT2D eigenvalue weighted by Gasteiger charge is -2.20. The summed E-state index contributed by atoms with van der Waals surface area (Å²) in [6.07, 6.45) is 5.31. The largest absolute Gasteiger partial charge is 0.312 e. The van der Waals surface area contributed by atoms with E-state index in [0.717, 1.165) is 25.7 Å². The van der Waals surface area contributed by atoms with Crippen molar-refractivity contribution in [2.24, 2.45) is 0 Å². The topological polar surface area (TPSA) is 15.3 Å². The van der Waals surface area contributed by atoms with Crippen LogP contribution in [0, 0.1) is 0 Å². The Labute approximate surface area is 115 Å². The molecule has 0 aromatic carbocycles. The maximum absolute atomic E-state index is 3.48. The van der Waals surface area contributed by atoms with Gasteiger partial charge in [-0.1, -0.05) is 13.8 Å². The van der Waals surface area contributed by atoms with Gasteiger partial charge in [0.25, 0.3) is 0 Å². The van der Waals surface area contributed by atoms with Crippen LogP contribution in [0.3, 0.4) is 0 Å². The molecule has 0 saturated heterocycles. The highest BCUT2D eigenvalue weighted by molar-refractivity contribution is 7.11. The molecule has 1 aliphatic carbocycles. The van der Waals surface area contributed by atoms with Gasteiger partial charge in [-0.2, -0.15) is 0 Å². The smallest absolute Gasteiger partial charge is 0.0330 e. The van der Waals surface area contributed by atoms with E-state index in [-0.39, 0.29) is 0 Å². The molecular weight excluding hydrogens is 240 g/mol. The Bertz CT molecular complexity index is 344. The Morgan fingerprint density at radius 2 is 2.00 bits per heavy atom. The van der Waals surface area contributed by atoms with Gasteiger partial charge in [-0.25, -0.2) is 0 Å². The van der Waals surface area contributed by atoms with Gasteiger partial charge in [0.05, 0.1) is 0 Å². The van der Waals surface area contributed by atoms with E-state index in [4.69, 9.17) is 0 Å². The summed E-state index contributed by atoms with van der Waals surface area (Å²) in [4.78, 5) is 5.67. The molecule has 0 aliphatic heterocycles. The van der Waals surface area contributed by atoms with Crippen LogP contribution in [0.4, 0.5) is 0 Å². The van der Waals surface area contributed by atoms with Crippen molar-refractivity contribution in [3.05, 3.63) is 21.9 Å². The lowest BCUT2D eigenvalue weighted by Crippen LogP contribution is -2.25. The van der Waals surface area contributed by atoms with Crippen LogP contribution in [-0.4, -0.2) is 24.0 Å². The Hall–Kier alpha value is -0.380. The predicted octanol–water partition coefficient (Wildman–Crippen LogP) is 3.62. The molecule has 2 rings (SSSR count). The normalized spacial score (nSPS) is 15.5. The molecule has 3 heteroatoms. The van der Waals surface area contributed by atoms with E-state index < -0.39 is 0 Å². The lowest BCUT2D eigenvalue weighted by atomic mass is 10.3. The van der Waals surface area contributed by atoms with Crippen LogP contribution >= 0.6 is 11.3 Å². The molecule has 1 N–H and O–H groups in total.